The highest BCUT2D eigenvalue weighted by Crippen LogP contribution is 2.24. The minimum atomic E-state index is -0.270. The zero-order valence-electron chi connectivity index (χ0n) is 5.24. The van der Waals surface area contributed by atoms with Crippen molar-refractivity contribution in [3.05, 3.63) is 24.0 Å². The lowest BCUT2D eigenvalue weighted by atomic mass is 10.1. The summed E-state index contributed by atoms with van der Waals surface area (Å²) in [6.07, 6.45) is 5.34. The Hall–Kier alpha value is -1.25. The number of cyclic esters (lactones) is 1. The van der Waals surface area contributed by atoms with Gasteiger partial charge in [-0.25, -0.2) is 0 Å². The lowest BCUT2D eigenvalue weighted by molar-refractivity contribution is -0.165. The van der Waals surface area contributed by atoms with Gasteiger partial charge in [0.05, 0.1) is 0 Å². The summed E-state index contributed by atoms with van der Waals surface area (Å²) in [6.45, 7) is 0.0584. The summed E-state index contributed by atoms with van der Waals surface area (Å²) in [6, 6.07) is 0. The summed E-state index contributed by atoms with van der Waals surface area (Å²) in [5.74, 6) is 0.219. The van der Waals surface area contributed by atoms with Crippen LogP contribution in [0.2, 0.25) is 0 Å². The average molecular weight is 138 g/mol. The molecule has 3 heteroatoms. The molecule has 0 saturated carbocycles. The molecule has 10 heavy (non-hydrogen) atoms. The number of hydrogen-bond donors (Lipinski definition) is 0. The molecular weight excluding hydrogens is 132 g/mol. The molecule has 1 heterocycles. The van der Waals surface area contributed by atoms with E-state index in [0.29, 0.717) is 5.76 Å². The Morgan fingerprint density at radius 1 is 1.50 bits per heavy atom. The molecule has 0 amide bonds. The van der Waals surface area contributed by atoms with Gasteiger partial charge in [-0.05, 0) is 6.08 Å². The van der Waals surface area contributed by atoms with Crippen LogP contribution in [0.3, 0.4) is 0 Å². The second-order valence-electron chi connectivity index (χ2n) is 2.16. The molecule has 0 spiro atoms. The lowest BCUT2D eigenvalue weighted by Gasteiger charge is -2.19. The number of hydrogen-bond acceptors (Lipinski definition) is 3. The quantitative estimate of drug-likeness (QED) is 0.459. The third-order valence-electron chi connectivity index (χ3n) is 1.55. The Labute approximate surface area is 57.9 Å². The van der Waals surface area contributed by atoms with Gasteiger partial charge in [-0.2, -0.15) is 0 Å². The molecule has 0 N–H and O–H groups in total. The van der Waals surface area contributed by atoms with Gasteiger partial charge in [-0.15, -0.1) is 0 Å². The molecule has 0 bridgehead atoms. The van der Waals surface area contributed by atoms with Crippen LogP contribution in [0.4, 0.5) is 0 Å². The minimum absolute atomic E-state index is 0.0584. The molecule has 1 aliphatic heterocycles. The maximum Gasteiger partial charge on any atom is 0.323 e. The van der Waals surface area contributed by atoms with Crippen LogP contribution < -0.4 is 0 Å². The minimum Gasteiger partial charge on any atom is -0.460 e. The zero-order valence-corrected chi connectivity index (χ0v) is 5.24. The first-order chi connectivity index (χ1) is 4.88. The van der Waals surface area contributed by atoms with E-state index in [4.69, 9.17) is 4.74 Å². The molecular formula is C7H6O3. The molecule has 0 aromatic rings. The van der Waals surface area contributed by atoms with Crippen molar-refractivity contribution in [2.45, 2.75) is 0 Å². The first-order valence-corrected chi connectivity index (χ1v) is 3.06. The summed E-state index contributed by atoms with van der Waals surface area (Å²) in [7, 11) is 0. The zero-order chi connectivity index (χ0) is 6.97. The molecule has 1 atom stereocenters. The summed E-state index contributed by atoms with van der Waals surface area (Å²) in [5, 5.41) is 0. The summed E-state index contributed by atoms with van der Waals surface area (Å²) in [5.41, 5.74) is 0. The number of carbonyl (C=O) groups is 1. The van der Waals surface area contributed by atoms with Crippen LogP contribution in [0.15, 0.2) is 24.0 Å². The molecule has 0 unspecified atom stereocenters. The molecule has 1 fully saturated rings. The molecule has 3 nitrogen and oxygen atoms in total. The maximum atomic E-state index is 10.9. The average Bonchev–Trinajstić information content (AvgIpc) is 2.36. The van der Waals surface area contributed by atoms with Gasteiger partial charge in [0.1, 0.15) is 11.7 Å². The van der Waals surface area contributed by atoms with E-state index in [1.165, 1.54) is 0 Å². The second-order valence-corrected chi connectivity index (χ2v) is 2.16. The van der Waals surface area contributed by atoms with E-state index in [9.17, 15) is 4.79 Å². The fourth-order valence-electron chi connectivity index (χ4n) is 1.04. The number of rotatable bonds is 0. The fourth-order valence-corrected chi connectivity index (χ4v) is 1.04. The van der Waals surface area contributed by atoms with Crippen molar-refractivity contribution in [3.8, 4) is 0 Å². The van der Waals surface area contributed by atoms with Gasteiger partial charge in [0, 0.05) is 0 Å². The SMILES string of the molecule is O=C1OCOC2=CC=C[C@@H]12. The molecule has 0 radical (unpaired) electrons. The molecule has 1 saturated heterocycles. The van der Waals surface area contributed by atoms with E-state index in [-0.39, 0.29) is 18.7 Å². The van der Waals surface area contributed by atoms with Gasteiger partial charge in [0.15, 0.2) is 0 Å². The van der Waals surface area contributed by atoms with Crippen molar-refractivity contribution >= 4 is 5.97 Å². The van der Waals surface area contributed by atoms with Crippen LogP contribution in [0.5, 0.6) is 0 Å². The molecule has 52 valence electrons. The lowest BCUT2D eigenvalue weighted by Crippen LogP contribution is -2.25. The Morgan fingerprint density at radius 2 is 2.40 bits per heavy atom. The predicted molar refractivity (Wildman–Crippen MR) is 32.8 cm³/mol. The summed E-state index contributed by atoms with van der Waals surface area (Å²) in [4.78, 5) is 10.9. The van der Waals surface area contributed by atoms with Gasteiger partial charge in [-0.3, -0.25) is 4.79 Å². The largest absolute Gasteiger partial charge is 0.460 e. The smallest absolute Gasteiger partial charge is 0.323 e. The number of fused-ring (bicyclic) bond motifs is 1. The van der Waals surface area contributed by atoms with Crippen molar-refractivity contribution in [2.24, 2.45) is 5.92 Å². The fraction of sp³-hybridized carbons (Fsp3) is 0.286. The highest BCUT2D eigenvalue weighted by molar-refractivity contribution is 5.79. The van der Waals surface area contributed by atoms with Crippen molar-refractivity contribution in [1.82, 2.24) is 0 Å². The first-order valence-electron chi connectivity index (χ1n) is 3.06. The molecule has 2 aliphatic rings. The predicted octanol–water partition coefficient (Wildman–Crippen LogP) is 0.587. The van der Waals surface area contributed by atoms with Crippen LogP contribution in [-0.2, 0) is 14.3 Å². The molecule has 0 aromatic heterocycles. The van der Waals surface area contributed by atoms with E-state index in [0.717, 1.165) is 0 Å². The molecule has 1 aliphatic carbocycles. The second kappa shape index (κ2) is 1.87. The number of ether oxygens (including phenoxy) is 2. The van der Waals surface area contributed by atoms with Crippen molar-refractivity contribution in [1.29, 1.82) is 0 Å². The van der Waals surface area contributed by atoms with Crippen LogP contribution in [0.25, 0.3) is 0 Å². The highest BCUT2D eigenvalue weighted by Gasteiger charge is 2.29. The van der Waals surface area contributed by atoms with E-state index in [1.54, 1.807) is 18.2 Å². The summed E-state index contributed by atoms with van der Waals surface area (Å²) >= 11 is 0. The first kappa shape index (κ1) is 5.53. The Kier molecular flexibility index (Phi) is 1.03. The standard InChI is InChI=1S/C7H6O3/c8-7-5-2-1-3-6(5)9-4-10-7/h1-3,5H,4H2/t5-/m1/s1. The number of allylic oxidation sites excluding steroid dienone is 2. The van der Waals surface area contributed by atoms with Crippen LogP contribution >= 0.6 is 0 Å². The monoisotopic (exact) mass is 138 g/mol. The normalized spacial score (nSPS) is 28.6. The van der Waals surface area contributed by atoms with E-state index < -0.39 is 0 Å². The Morgan fingerprint density at radius 3 is 3.20 bits per heavy atom. The van der Waals surface area contributed by atoms with E-state index in [2.05, 4.69) is 4.74 Å². The third-order valence-corrected chi connectivity index (χ3v) is 1.55. The number of carbonyl (C=O) groups excluding carboxylic acids is 1. The van der Waals surface area contributed by atoms with Crippen molar-refractivity contribution in [2.75, 3.05) is 6.79 Å². The topological polar surface area (TPSA) is 35.5 Å². The van der Waals surface area contributed by atoms with Crippen molar-refractivity contribution < 1.29 is 14.3 Å². The van der Waals surface area contributed by atoms with Crippen molar-refractivity contribution in [3.63, 3.8) is 0 Å². The molecule has 2 rings (SSSR count). The Balaban J connectivity index is 2.27. The highest BCUT2D eigenvalue weighted by atomic mass is 16.7. The maximum absolute atomic E-state index is 10.9. The molecule has 0 aromatic carbocycles. The van der Waals surface area contributed by atoms with Gasteiger partial charge >= 0.3 is 5.97 Å². The van der Waals surface area contributed by atoms with Crippen LogP contribution in [-0.4, -0.2) is 12.8 Å². The van der Waals surface area contributed by atoms with Crippen LogP contribution in [0, 0.1) is 5.92 Å². The van der Waals surface area contributed by atoms with Gasteiger partial charge in [0.2, 0.25) is 6.79 Å². The van der Waals surface area contributed by atoms with Gasteiger partial charge in [-0.1, -0.05) is 12.2 Å². The van der Waals surface area contributed by atoms with Gasteiger partial charge in [0.25, 0.3) is 0 Å². The van der Waals surface area contributed by atoms with Crippen LogP contribution in [0.1, 0.15) is 0 Å². The van der Waals surface area contributed by atoms with E-state index >= 15 is 0 Å². The Bertz CT molecular complexity index is 227. The summed E-state index contributed by atoms with van der Waals surface area (Å²) < 4.78 is 9.67. The number of esters is 1. The third kappa shape index (κ3) is 0.635. The van der Waals surface area contributed by atoms with E-state index in [1.807, 2.05) is 0 Å². The van der Waals surface area contributed by atoms with Gasteiger partial charge < -0.3 is 9.47 Å².